The topological polar surface area (TPSA) is 43.7 Å². The second-order valence-corrected chi connectivity index (χ2v) is 4.99. The van der Waals surface area contributed by atoms with Gasteiger partial charge in [0.25, 0.3) is 0 Å². The third kappa shape index (κ3) is 3.28. The van der Waals surface area contributed by atoms with E-state index in [1.54, 1.807) is 18.2 Å². The fraction of sp³-hybridized carbons (Fsp3) is 0.571. The quantitative estimate of drug-likeness (QED) is 0.856. The van der Waals surface area contributed by atoms with Gasteiger partial charge in [-0.2, -0.15) is 0 Å². The Labute approximate surface area is 107 Å². The van der Waals surface area contributed by atoms with Gasteiger partial charge in [0.15, 0.2) is 0 Å². The fourth-order valence-corrected chi connectivity index (χ4v) is 2.55. The van der Waals surface area contributed by atoms with Gasteiger partial charge in [-0.25, -0.2) is 4.39 Å². The predicted octanol–water partition coefficient (Wildman–Crippen LogP) is 1.56. The molecule has 0 bridgehead atoms. The van der Waals surface area contributed by atoms with Gasteiger partial charge in [-0.1, -0.05) is 18.2 Å². The maximum Gasteiger partial charge on any atom is 0.129 e. The lowest BCUT2D eigenvalue weighted by molar-refractivity contribution is 0.0662. The molecule has 1 aromatic carbocycles. The SMILES string of the molecule is OCC1CCCN(CC(O)c2ccccc2F)C1. The molecule has 2 N–H and O–H groups in total. The summed E-state index contributed by atoms with van der Waals surface area (Å²) in [4.78, 5) is 2.10. The van der Waals surface area contributed by atoms with Crippen molar-refractivity contribution in [2.45, 2.75) is 18.9 Å². The van der Waals surface area contributed by atoms with Crippen molar-refractivity contribution in [3.05, 3.63) is 35.6 Å². The minimum atomic E-state index is -0.802. The van der Waals surface area contributed by atoms with Gasteiger partial charge in [-0.05, 0) is 31.4 Å². The summed E-state index contributed by atoms with van der Waals surface area (Å²) >= 11 is 0. The van der Waals surface area contributed by atoms with Gasteiger partial charge in [-0.15, -0.1) is 0 Å². The van der Waals surface area contributed by atoms with Gasteiger partial charge in [-0.3, -0.25) is 0 Å². The number of aliphatic hydroxyl groups excluding tert-OH is 2. The van der Waals surface area contributed by atoms with E-state index in [1.807, 2.05) is 0 Å². The molecular formula is C14H20FNO2. The molecule has 0 saturated carbocycles. The maximum atomic E-state index is 13.5. The number of likely N-dealkylation sites (tertiary alicyclic amines) is 1. The van der Waals surface area contributed by atoms with Crippen LogP contribution in [0.1, 0.15) is 24.5 Å². The van der Waals surface area contributed by atoms with Crippen molar-refractivity contribution < 1.29 is 14.6 Å². The van der Waals surface area contributed by atoms with Crippen LogP contribution in [0.15, 0.2) is 24.3 Å². The smallest absolute Gasteiger partial charge is 0.129 e. The van der Waals surface area contributed by atoms with E-state index in [-0.39, 0.29) is 18.3 Å². The van der Waals surface area contributed by atoms with Gasteiger partial charge < -0.3 is 15.1 Å². The largest absolute Gasteiger partial charge is 0.396 e. The molecule has 1 fully saturated rings. The van der Waals surface area contributed by atoms with Crippen molar-refractivity contribution in [3.8, 4) is 0 Å². The predicted molar refractivity (Wildman–Crippen MR) is 67.6 cm³/mol. The third-order valence-electron chi connectivity index (χ3n) is 3.56. The van der Waals surface area contributed by atoms with Crippen LogP contribution in [0.4, 0.5) is 4.39 Å². The van der Waals surface area contributed by atoms with E-state index in [1.165, 1.54) is 6.07 Å². The van der Waals surface area contributed by atoms with Gasteiger partial charge >= 0.3 is 0 Å². The molecule has 1 saturated heterocycles. The summed E-state index contributed by atoms with van der Waals surface area (Å²) < 4.78 is 13.5. The highest BCUT2D eigenvalue weighted by Crippen LogP contribution is 2.21. The highest BCUT2D eigenvalue weighted by molar-refractivity contribution is 5.20. The van der Waals surface area contributed by atoms with Gasteiger partial charge in [0.1, 0.15) is 5.82 Å². The van der Waals surface area contributed by atoms with E-state index < -0.39 is 6.10 Å². The minimum Gasteiger partial charge on any atom is -0.396 e. The molecule has 0 amide bonds. The number of hydrogen-bond acceptors (Lipinski definition) is 3. The Hall–Kier alpha value is -0.970. The minimum absolute atomic E-state index is 0.187. The Bertz CT molecular complexity index is 386. The zero-order valence-corrected chi connectivity index (χ0v) is 10.4. The Balaban J connectivity index is 1.95. The molecule has 2 rings (SSSR count). The van der Waals surface area contributed by atoms with E-state index in [2.05, 4.69) is 4.90 Å². The molecule has 0 spiro atoms. The molecule has 100 valence electrons. The molecule has 0 aromatic heterocycles. The lowest BCUT2D eigenvalue weighted by Crippen LogP contribution is -2.39. The normalized spacial score (nSPS) is 22.9. The first-order chi connectivity index (χ1) is 8.70. The Morgan fingerprint density at radius 2 is 2.17 bits per heavy atom. The van der Waals surface area contributed by atoms with Crippen LogP contribution in [-0.2, 0) is 0 Å². The summed E-state index contributed by atoms with van der Waals surface area (Å²) in [7, 11) is 0. The average Bonchev–Trinajstić information content (AvgIpc) is 2.39. The average molecular weight is 253 g/mol. The van der Waals surface area contributed by atoms with Crippen molar-refractivity contribution in [2.24, 2.45) is 5.92 Å². The molecule has 2 unspecified atom stereocenters. The number of hydrogen-bond donors (Lipinski definition) is 2. The molecular weight excluding hydrogens is 233 g/mol. The number of aliphatic hydroxyl groups is 2. The molecule has 1 aliphatic rings. The Kier molecular flexibility index (Phi) is 4.69. The molecule has 1 aliphatic heterocycles. The van der Waals surface area contributed by atoms with Gasteiger partial charge in [0.05, 0.1) is 6.10 Å². The number of rotatable bonds is 4. The van der Waals surface area contributed by atoms with Crippen LogP contribution in [0.5, 0.6) is 0 Å². The fourth-order valence-electron chi connectivity index (χ4n) is 2.55. The van der Waals surface area contributed by atoms with Crippen molar-refractivity contribution in [3.63, 3.8) is 0 Å². The standard InChI is InChI=1S/C14H20FNO2/c15-13-6-2-1-5-12(13)14(18)9-16-7-3-4-11(8-16)10-17/h1-2,5-6,11,14,17-18H,3-4,7-10H2. The molecule has 4 heteroatoms. The Morgan fingerprint density at radius 3 is 2.89 bits per heavy atom. The van der Waals surface area contributed by atoms with Crippen LogP contribution in [-0.4, -0.2) is 41.4 Å². The monoisotopic (exact) mass is 253 g/mol. The van der Waals surface area contributed by atoms with Crippen LogP contribution in [0.25, 0.3) is 0 Å². The summed E-state index contributed by atoms with van der Waals surface area (Å²) in [6.45, 7) is 2.30. The summed E-state index contributed by atoms with van der Waals surface area (Å²) in [6.07, 6.45) is 1.25. The zero-order chi connectivity index (χ0) is 13.0. The molecule has 18 heavy (non-hydrogen) atoms. The van der Waals surface area contributed by atoms with E-state index in [0.717, 1.165) is 25.9 Å². The molecule has 3 nitrogen and oxygen atoms in total. The summed E-state index contributed by atoms with van der Waals surface area (Å²) in [5, 5.41) is 19.2. The van der Waals surface area contributed by atoms with Crippen LogP contribution in [0, 0.1) is 11.7 Å². The number of piperidine rings is 1. The lowest BCUT2D eigenvalue weighted by atomic mass is 9.98. The first-order valence-corrected chi connectivity index (χ1v) is 6.46. The lowest BCUT2D eigenvalue weighted by Gasteiger charge is -2.33. The zero-order valence-electron chi connectivity index (χ0n) is 10.4. The van der Waals surface area contributed by atoms with E-state index in [0.29, 0.717) is 12.1 Å². The number of β-amino-alcohol motifs (C(OH)–C–C–N with tert-alkyl or cyclic N) is 1. The highest BCUT2D eigenvalue weighted by atomic mass is 19.1. The summed E-state index contributed by atoms with van der Waals surface area (Å²) in [6, 6.07) is 6.33. The molecule has 2 atom stereocenters. The third-order valence-corrected chi connectivity index (χ3v) is 3.56. The van der Waals surface area contributed by atoms with Crippen molar-refractivity contribution in [2.75, 3.05) is 26.2 Å². The number of halogens is 1. The first-order valence-electron chi connectivity index (χ1n) is 6.46. The summed E-state index contributed by atoms with van der Waals surface area (Å²) in [5.74, 6) is -0.0766. The van der Waals surface area contributed by atoms with Crippen molar-refractivity contribution in [1.82, 2.24) is 4.90 Å². The second-order valence-electron chi connectivity index (χ2n) is 4.99. The highest BCUT2D eigenvalue weighted by Gasteiger charge is 2.22. The maximum absolute atomic E-state index is 13.5. The molecule has 1 aromatic rings. The second kappa shape index (κ2) is 6.27. The number of benzene rings is 1. The Morgan fingerprint density at radius 1 is 1.39 bits per heavy atom. The molecule has 0 aliphatic carbocycles. The van der Waals surface area contributed by atoms with Crippen molar-refractivity contribution in [1.29, 1.82) is 0 Å². The van der Waals surface area contributed by atoms with E-state index in [4.69, 9.17) is 5.11 Å². The van der Waals surface area contributed by atoms with Gasteiger partial charge in [0, 0.05) is 25.3 Å². The molecule has 1 heterocycles. The van der Waals surface area contributed by atoms with Crippen LogP contribution in [0.2, 0.25) is 0 Å². The van der Waals surface area contributed by atoms with Crippen LogP contribution < -0.4 is 0 Å². The van der Waals surface area contributed by atoms with Crippen LogP contribution >= 0.6 is 0 Å². The van der Waals surface area contributed by atoms with Crippen LogP contribution in [0.3, 0.4) is 0 Å². The summed E-state index contributed by atoms with van der Waals surface area (Å²) in [5.41, 5.74) is 0.351. The number of nitrogens with zero attached hydrogens (tertiary/aromatic N) is 1. The van der Waals surface area contributed by atoms with E-state index >= 15 is 0 Å². The van der Waals surface area contributed by atoms with E-state index in [9.17, 15) is 9.50 Å². The molecule has 0 radical (unpaired) electrons. The van der Waals surface area contributed by atoms with Gasteiger partial charge in [0.2, 0.25) is 0 Å². The van der Waals surface area contributed by atoms with Crippen molar-refractivity contribution >= 4 is 0 Å². The first kappa shape index (κ1) is 13.5.